The maximum Gasteiger partial charge on any atom is 0.340 e. The van der Waals surface area contributed by atoms with Crippen molar-refractivity contribution < 1.29 is 23.8 Å². The Morgan fingerprint density at radius 2 is 1.93 bits per heavy atom. The summed E-state index contributed by atoms with van der Waals surface area (Å²) >= 11 is 0. The number of nitrogens with one attached hydrogen (secondary N) is 1. The van der Waals surface area contributed by atoms with Gasteiger partial charge in [-0.25, -0.2) is 4.79 Å². The van der Waals surface area contributed by atoms with E-state index in [0.29, 0.717) is 55.8 Å². The van der Waals surface area contributed by atoms with Gasteiger partial charge in [-0.05, 0) is 62.3 Å². The number of nitrogens with zero attached hydrogens (tertiary/aromatic N) is 1. The first-order valence-corrected chi connectivity index (χ1v) is 15.3. The zero-order valence-corrected chi connectivity index (χ0v) is 24.5. The van der Waals surface area contributed by atoms with E-state index in [1.807, 2.05) is 48.2 Å². The minimum absolute atomic E-state index is 0.137. The van der Waals surface area contributed by atoms with Crippen LogP contribution in [0.1, 0.15) is 74.5 Å². The van der Waals surface area contributed by atoms with Gasteiger partial charge in [0.25, 0.3) is 5.91 Å². The van der Waals surface area contributed by atoms with Gasteiger partial charge in [-0.3, -0.25) is 9.59 Å². The highest BCUT2D eigenvalue weighted by molar-refractivity contribution is 5.83. The van der Waals surface area contributed by atoms with Gasteiger partial charge in [-0.15, -0.1) is 0 Å². The number of likely N-dealkylation sites (tertiary alicyclic amines) is 1. The Labute approximate surface area is 247 Å². The molecule has 42 heavy (non-hydrogen) atoms. The third-order valence-electron chi connectivity index (χ3n) is 9.02. The van der Waals surface area contributed by atoms with Crippen LogP contribution in [0.3, 0.4) is 0 Å². The molecule has 2 heterocycles. The number of rotatable bonds is 11. The van der Waals surface area contributed by atoms with E-state index in [4.69, 9.17) is 9.15 Å². The minimum Gasteiger partial charge on any atom is -0.484 e. The number of aryl methyl sites for hydroxylation is 1. The van der Waals surface area contributed by atoms with Gasteiger partial charge in [0.15, 0.2) is 6.61 Å². The monoisotopic (exact) mass is 574 g/mol. The van der Waals surface area contributed by atoms with Crippen molar-refractivity contribution in [3.05, 3.63) is 75.6 Å². The zero-order chi connectivity index (χ0) is 29.5. The lowest BCUT2D eigenvalue weighted by Gasteiger charge is -2.47. The summed E-state index contributed by atoms with van der Waals surface area (Å²) in [6.07, 6.45) is 8.23. The second-order valence-electron chi connectivity index (χ2n) is 11.9. The van der Waals surface area contributed by atoms with Crippen molar-refractivity contribution in [2.75, 3.05) is 26.2 Å². The number of piperidine rings is 1. The number of aliphatic hydroxyl groups is 1. The Morgan fingerprint density at radius 3 is 2.76 bits per heavy atom. The van der Waals surface area contributed by atoms with Crippen molar-refractivity contribution in [1.29, 1.82) is 0 Å². The number of benzene rings is 2. The minimum atomic E-state index is -0.563. The molecule has 1 aliphatic carbocycles. The molecule has 0 bridgehead atoms. The van der Waals surface area contributed by atoms with Gasteiger partial charge in [0.1, 0.15) is 11.3 Å². The number of hydrogen-bond donors (Lipinski definition) is 2. The van der Waals surface area contributed by atoms with Gasteiger partial charge < -0.3 is 24.5 Å². The largest absolute Gasteiger partial charge is 0.484 e. The summed E-state index contributed by atoms with van der Waals surface area (Å²) in [4.78, 5) is 39.6. The Kier molecular flexibility index (Phi) is 9.62. The number of unbranched alkanes of at least 4 members (excludes halogenated alkanes) is 2. The van der Waals surface area contributed by atoms with Crippen LogP contribution in [0.25, 0.3) is 11.0 Å². The first-order chi connectivity index (χ1) is 20.3. The van der Waals surface area contributed by atoms with E-state index in [1.165, 1.54) is 0 Å². The topological polar surface area (TPSA) is 109 Å². The summed E-state index contributed by atoms with van der Waals surface area (Å²) in [5, 5.41) is 14.5. The first-order valence-electron chi connectivity index (χ1n) is 15.3. The summed E-state index contributed by atoms with van der Waals surface area (Å²) in [6.45, 7) is 3.64. The van der Waals surface area contributed by atoms with E-state index in [0.717, 1.165) is 61.5 Å². The van der Waals surface area contributed by atoms with Gasteiger partial charge in [-0.1, -0.05) is 49.6 Å². The quantitative estimate of drug-likeness (QED) is 0.249. The number of amides is 2. The molecule has 2 aromatic carbocycles. The Bertz CT molecular complexity index is 1450. The second kappa shape index (κ2) is 13.6. The molecule has 5 rings (SSSR count). The van der Waals surface area contributed by atoms with E-state index in [1.54, 1.807) is 12.1 Å². The fourth-order valence-electron chi connectivity index (χ4n) is 6.43. The molecular weight excluding hydrogens is 532 g/mol. The van der Waals surface area contributed by atoms with Gasteiger partial charge in [0.05, 0.1) is 5.60 Å². The Morgan fingerprint density at radius 1 is 1.10 bits per heavy atom. The summed E-state index contributed by atoms with van der Waals surface area (Å²) < 4.78 is 11.3. The summed E-state index contributed by atoms with van der Waals surface area (Å²) in [7, 11) is 0. The predicted octanol–water partition coefficient (Wildman–Crippen LogP) is 4.90. The van der Waals surface area contributed by atoms with Crippen molar-refractivity contribution in [1.82, 2.24) is 10.2 Å². The molecule has 1 aliphatic heterocycles. The lowest BCUT2D eigenvalue weighted by Crippen LogP contribution is -2.54. The van der Waals surface area contributed by atoms with Gasteiger partial charge >= 0.3 is 5.63 Å². The van der Waals surface area contributed by atoms with Crippen LogP contribution in [0, 0.1) is 12.8 Å². The molecule has 1 saturated heterocycles. The van der Waals surface area contributed by atoms with Gasteiger partial charge in [-0.2, -0.15) is 0 Å². The van der Waals surface area contributed by atoms with Crippen LogP contribution < -0.4 is 15.7 Å². The van der Waals surface area contributed by atoms with Gasteiger partial charge in [0.2, 0.25) is 5.91 Å². The maximum absolute atomic E-state index is 12.7. The van der Waals surface area contributed by atoms with Crippen LogP contribution in [0.2, 0.25) is 0 Å². The molecule has 2 aliphatic rings. The zero-order valence-electron chi connectivity index (χ0n) is 24.5. The Hall–Kier alpha value is -3.65. The molecule has 2 atom stereocenters. The average molecular weight is 575 g/mol. The second-order valence-corrected chi connectivity index (χ2v) is 11.9. The van der Waals surface area contributed by atoms with E-state index in [-0.39, 0.29) is 30.0 Å². The van der Waals surface area contributed by atoms with Crippen molar-refractivity contribution in [3.8, 4) is 5.75 Å². The van der Waals surface area contributed by atoms with Crippen LogP contribution in [0.15, 0.2) is 57.7 Å². The van der Waals surface area contributed by atoms with Gasteiger partial charge in [0, 0.05) is 55.4 Å². The standard InChI is InChI=1S/C34H42N2O6/c1-24-28-15-14-27(21-30(28)42-33(39)29(24)20-25-10-4-2-5-11-25)41-23-31(37)35-18-9-3-6-13-32(38)36-19-17-34(40)16-8-7-12-26(34)22-36/h2,4-5,10-11,14-15,21,26,40H,3,6-9,12-13,16-20,22-23H2,1H3,(H,35,37)/t26-,34+/m1/s1. The van der Waals surface area contributed by atoms with Crippen molar-refractivity contribution >= 4 is 22.8 Å². The van der Waals surface area contributed by atoms with E-state index >= 15 is 0 Å². The van der Waals surface area contributed by atoms with E-state index in [2.05, 4.69) is 5.32 Å². The SMILES string of the molecule is Cc1c(Cc2ccccc2)c(=O)oc2cc(OCC(=O)NCCCCCC(=O)N3CC[C@@]4(O)CCCC[C@@H]4C3)ccc12. The molecule has 3 aromatic rings. The average Bonchev–Trinajstić information content (AvgIpc) is 2.99. The highest BCUT2D eigenvalue weighted by Crippen LogP contribution is 2.40. The number of ether oxygens (including phenoxy) is 1. The molecule has 0 spiro atoms. The molecule has 224 valence electrons. The third kappa shape index (κ3) is 7.21. The normalized spacial score (nSPS) is 20.2. The van der Waals surface area contributed by atoms with Crippen LogP contribution in [0.5, 0.6) is 5.75 Å². The number of carbonyl (C=O) groups excluding carboxylic acids is 2. The van der Waals surface area contributed by atoms with Crippen molar-refractivity contribution in [2.24, 2.45) is 5.92 Å². The van der Waals surface area contributed by atoms with Crippen molar-refractivity contribution in [2.45, 2.75) is 76.7 Å². The van der Waals surface area contributed by atoms with Crippen LogP contribution in [0.4, 0.5) is 0 Å². The van der Waals surface area contributed by atoms with Crippen LogP contribution >= 0.6 is 0 Å². The highest BCUT2D eigenvalue weighted by Gasteiger charge is 2.43. The van der Waals surface area contributed by atoms with E-state index in [9.17, 15) is 19.5 Å². The summed E-state index contributed by atoms with van der Waals surface area (Å²) in [5.74, 6) is 0.625. The molecule has 2 N–H and O–H groups in total. The number of carbonyl (C=O) groups is 2. The lowest BCUT2D eigenvalue weighted by molar-refractivity contribution is -0.143. The van der Waals surface area contributed by atoms with Crippen molar-refractivity contribution in [3.63, 3.8) is 0 Å². The molecule has 0 unspecified atom stereocenters. The van der Waals surface area contributed by atoms with E-state index < -0.39 is 5.60 Å². The van der Waals surface area contributed by atoms with Crippen LogP contribution in [-0.2, 0) is 16.0 Å². The molecular formula is C34H42N2O6. The van der Waals surface area contributed by atoms with Crippen LogP contribution in [-0.4, -0.2) is 53.7 Å². The summed E-state index contributed by atoms with van der Waals surface area (Å²) in [6, 6.07) is 15.1. The third-order valence-corrected chi connectivity index (χ3v) is 9.02. The highest BCUT2D eigenvalue weighted by atomic mass is 16.5. The molecule has 2 amide bonds. The molecule has 2 fully saturated rings. The predicted molar refractivity (Wildman–Crippen MR) is 162 cm³/mol. The lowest BCUT2D eigenvalue weighted by atomic mass is 9.71. The maximum atomic E-state index is 12.7. The molecule has 8 nitrogen and oxygen atoms in total. The first kappa shape index (κ1) is 29.8. The fraction of sp³-hybridized carbons (Fsp3) is 0.500. The Balaban J connectivity index is 1.01. The number of hydrogen-bond acceptors (Lipinski definition) is 6. The number of fused-ring (bicyclic) bond motifs is 2. The fourth-order valence-corrected chi connectivity index (χ4v) is 6.43. The smallest absolute Gasteiger partial charge is 0.340 e. The molecule has 1 saturated carbocycles. The summed E-state index contributed by atoms with van der Waals surface area (Å²) in [5.41, 5.74) is 2.06. The molecule has 1 aromatic heterocycles. The molecule has 0 radical (unpaired) electrons. The molecule has 8 heteroatoms.